The van der Waals surface area contributed by atoms with E-state index in [1.165, 1.54) is 0 Å². The first-order chi connectivity index (χ1) is 7.45. The van der Waals surface area contributed by atoms with E-state index in [1.54, 1.807) is 7.11 Å². The molecule has 0 aliphatic rings. The maximum Gasteiger partial charge on any atom is 0.136 e. The molecule has 1 aromatic rings. The highest BCUT2D eigenvalue weighted by Gasteiger charge is 2.19. The number of nitrogens with two attached hydrogens (primary N) is 1. The summed E-state index contributed by atoms with van der Waals surface area (Å²) in [6, 6.07) is -0.346. The molecule has 0 saturated carbocycles. The van der Waals surface area contributed by atoms with E-state index in [-0.39, 0.29) is 12.6 Å². The van der Waals surface area contributed by atoms with Crippen molar-refractivity contribution in [1.82, 2.24) is 0 Å². The Bertz CT molecular complexity index is 375. The topological polar surface area (TPSA) is 55.5 Å². The van der Waals surface area contributed by atoms with Crippen LogP contribution in [0.15, 0.2) is 4.47 Å². The Morgan fingerprint density at radius 2 is 1.81 bits per heavy atom. The minimum absolute atomic E-state index is 0.0557. The van der Waals surface area contributed by atoms with Crippen LogP contribution in [0.25, 0.3) is 0 Å². The van der Waals surface area contributed by atoms with Gasteiger partial charge in [0.1, 0.15) is 5.75 Å². The Morgan fingerprint density at radius 3 is 2.25 bits per heavy atom. The lowest BCUT2D eigenvalue weighted by Gasteiger charge is -2.21. The van der Waals surface area contributed by atoms with Gasteiger partial charge in [-0.15, -0.1) is 0 Å². The third-order valence-corrected chi connectivity index (χ3v) is 3.97. The van der Waals surface area contributed by atoms with Gasteiger partial charge in [-0.1, -0.05) is 0 Å². The number of benzene rings is 1. The molecule has 3 nitrogen and oxygen atoms in total. The molecule has 90 valence electrons. The van der Waals surface area contributed by atoms with Crippen LogP contribution in [0.3, 0.4) is 0 Å². The molecule has 0 fully saturated rings. The number of hydrogen-bond donors (Lipinski definition) is 2. The number of hydrogen-bond acceptors (Lipinski definition) is 3. The molecule has 0 aliphatic carbocycles. The van der Waals surface area contributed by atoms with Gasteiger partial charge in [-0.05, 0) is 59.0 Å². The van der Waals surface area contributed by atoms with Crippen molar-refractivity contribution in [3.8, 4) is 5.75 Å². The van der Waals surface area contributed by atoms with Crippen molar-refractivity contribution in [3.05, 3.63) is 26.7 Å². The van der Waals surface area contributed by atoms with Gasteiger partial charge in [0.25, 0.3) is 0 Å². The fraction of sp³-hybridized carbons (Fsp3) is 0.500. The minimum Gasteiger partial charge on any atom is -0.495 e. The third-order valence-electron chi connectivity index (χ3n) is 3.01. The Labute approximate surface area is 105 Å². The largest absolute Gasteiger partial charge is 0.495 e. The predicted octanol–water partition coefficient (Wildman–Crippen LogP) is 2.38. The van der Waals surface area contributed by atoms with E-state index in [9.17, 15) is 5.11 Å². The highest BCUT2D eigenvalue weighted by Crippen LogP contribution is 2.38. The van der Waals surface area contributed by atoms with Gasteiger partial charge in [0.2, 0.25) is 0 Å². The van der Waals surface area contributed by atoms with Crippen LogP contribution in [0.1, 0.15) is 28.3 Å². The fourth-order valence-electron chi connectivity index (χ4n) is 2.00. The second kappa shape index (κ2) is 5.17. The first kappa shape index (κ1) is 13.5. The first-order valence-electron chi connectivity index (χ1n) is 5.15. The minimum atomic E-state index is -0.346. The second-order valence-electron chi connectivity index (χ2n) is 3.92. The molecule has 0 amide bonds. The lowest BCUT2D eigenvalue weighted by molar-refractivity contribution is 0.267. The van der Waals surface area contributed by atoms with Crippen LogP contribution in [-0.2, 0) is 0 Å². The Balaban J connectivity index is 3.53. The van der Waals surface area contributed by atoms with E-state index in [2.05, 4.69) is 15.9 Å². The van der Waals surface area contributed by atoms with Gasteiger partial charge in [0, 0.05) is 0 Å². The number of halogens is 1. The molecule has 16 heavy (non-hydrogen) atoms. The lowest BCUT2D eigenvalue weighted by atomic mass is 9.93. The van der Waals surface area contributed by atoms with Crippen LogP contribution in [0.2, 0.25) is 0 Å². The predicted molar refractivity (Wildman–Crippen MR) is 68.9 cm³/mol. The normalized spacial score (nSPS) is 12.7. The Morgan fingerprint density at radius 1 is 1.25 bits per heavy atom. The summed E-state index contributed by atoms with van der Waals surface area (Å²) < 4.78 is 6.27. The van der Waals surface area contributed by atoms with E-state index < -0.39 is 0 Å². The van der Waals surface area contributed by atoms with Crippen molar-refractivity contribution >= 4 is 15.9 Å². The van der Waals surface area contributed by atoms with Gasteiger partial charge in [-0.25, -0.2) is 0 Å². The lowest BCUT2D eigenvalue weighted by Crippen LogP contribution is -2.18. The van der Waals surface area contributed by atoms with Crippen molar-refractivity contribution in [3.63, 3.8) is 0 Å². The molecule has 3 N–H and O–H groups in total. The van der Waals surface area contributed by atoms with Gasteiger partial charge in [-0.2, -0.15) is 0 Å². The van der Waals surface area contributed by atoms with Gasteiger partial charge in [-0.3, -0.25) is 0 Å². The third kappa shape index (κ3) is 2.10. The Kier molecular flexibility index (Phi) is 4.35. The first-order valence-corrected chi connectivity index (χ1v) is 5.94. The molecule has 4 heteroatoms. The highest BCUT2D eigenvalue weighted by atomic mass is 79.9. The second-order valence-corrected chi connectivity index (χ2v) is 4.72. The zero-order valence-electron chi connectivity index (χ0n) is 10.1. The summed E-state index contributed by atoms with van der Waals surface area (Å²) in [6.07, 6.45) is 0. The van der Waals surface area contributed by atoms with Crippen LogP contribution in [0.5, 0.6) is 5.75 Å². The van der Waals surface area contributed by atoms with Gasteiger partial charge in [0.15, 0.2) is 0 Å². The van der Waals surface area contributed by atoms with Crippen molar-refractivity contribution < 1.29 is 9.84 Å². The highest BCUT2D eigenvalue weighted by molar-refractivity contribution is 9.10. The van der Waals surface area contributed by atoms with Crippen LogP contribution < -0.4 is 10.5 Å². The molecule has 0 bridgehead atoms. The van der Waals surface area contributed by atoms with Gasteiger partial charge < -0.3 is 15.6 Å². The van der Waals surface area contributed by atoms with E-state index in [1.807, 2.05) is 20.8 Å². The molecule has 0 aliphatic heterocycles. The summed E-state index contributed by atoms with van der Waals surface area (Å²) in [5.41, 5.74) is 10.1. The molecular formula is C12H18BrNO2. The van der Waals surface area contributed by atoms with E-state index in [0.29, 0.717) is 0 Å². The van der Waals surface area contributed by atoms with Crippen molar-refractivity contribution in [2.45, 2.75) is 26.8 Å². The van der Waals surface area contributed by atoms with Crippen molar-refractivity contribution in [2.24, 2.45) is 5.73 Å². The molecule has 0 spiro atoms. The molecular weight excluding hydrogens is 270 g/mol. The van der Waals surface area contributed by atoms with Crippen LogP contribution in [-0.4, -0.2) is 18.8 Å². The number of rotatable bonds is 3. The van der Waals surface area contributed by atoms with Crippen LogP contribution in [0.4, 0.5) is 0 Å². The Hall–Kier alpha value is -0.580. The summed E-state index contributed by atoms with van der Waals surface area (Å²) in [7, 11) is 1.65. The molecule has 0 aromatic heterocycles. The molecule has 0 heterocycles. The summed E-state index contributed by atoms with van der Waals surface area (Å²) in [5, 5.41) is 9.17. The zero-order valence-corrected chi connectivity index (χ0v) is 11.7. The van der Waals surface area contributed by atoms with Gasteiger partial charge >= 0.3 is 0 Å². The summed E-state index contributed by atoms with van der Waals surface area (Å²) in [4.78, 5) is 0. The SMILES string of the molecule is COc1c(C)c(C)c(C(N)CO)c(C)c1Br. The average Bonchev–Trinajstić information content (AvgIpc) is 2.27. The number of methoxy groups -OCH3 is 1. The molecule has 0 saturated heterocycles. The molecule has 1 rings (SSSR count). The van der Waals surface area contributed by atoms with Gasteiger partial charge in [0.05, 0.1) is 24.2 Å². The summed E-state index contributed by atoms with van der Waals surface area (Å²) >= 11 is 3.51. The smallest absolute Gasteiger partial charge is 0.136 e. The van der Waals surface area contributed by atoms with Crippen LogP contribution in [0, 0.1) is 20.8 Å². The maximum atomic E-state index is 9.17. The number of aliphatic hydroxyl groups is 1. The number of aliphatic hydroxyl groups excluding tert-OH is 1. The van der Waals surface area contributed by atoms with Crippen molar-refractivity contribution in [2.75, 3.05) is 13.7 Å². The quantitative estimate of drug-likeness (QED) is 0.897. The standard InChI is InChI=1S/C12H18BrNO2/c1-6-7(2)12(16-4)11(13)8(3)10(6)9(14)5-15/h9,15H,5,14H2,1-4H3. The summed E-state index contributed by atoms with van der Waals surface area (Å²) in [6.45, 7) is 5.91. The van der Waals surface area contributed by atoms with E-state index >= 15 is 0 Å². The monoisotopic (exact) mass is 287 g/mol. The molecule has 1 aromatic carbocycles. The van der Waals surface area contributed by atoms with Crippen LogP contribution >= 0.6 is 15.9 Å². The average molecular weight is 288 g/mol. The summed E-state index contributed by atoms with van der Waals surface area (Å²) in [5.74, 6) is 0.837. The maximum absolute atomic E-state index is 9.17. The zero-order chi connectivity index (χ0) is 12.5. The van der Waals surface area contributed by atoms with E-state index in [0.717, 1.165) is 32.5 Å². The molecule has 1 unspecified atom stereocenters. The number of ether oxygens (including phenoxy) is 1. The molecule has 1 atom stereocenters. The van der Waals surface area contributed by atoms with E-state index in [4.69, 9.17) is 10.5 Å². The molecule has 0 radical (unpaired) electrons. The van der Waals surface area contributed by atoms with Crippen molar-refractivity contribution in [1.29, 1.82) is 0 Å². The fourth-order valence-corrected chi connectivity index (χ4v) is 2.67.